The quantitative estimate of drug-likeness (QED) is 0.825. The van der Waals surface area contributed by atoms with Gasteiger partial charge in [-0.05, 0) is 66.3 Å². The van der Waals surface area contributed by atoms with Crippen LogP contribution < -0.4 is 4.74 Å². The molecule has 0 saturated carbocycles. The number of benzene rings is 2. The Hall–Kier alpha value is -1.07. The van der Waals surface area contributed by atoms with E-state index in [2.05, 4.69) is 22.6 Å². The van der Waals surface area contributed by atoms with Gasteiger partial charge >= 0.3 is 0 Å². The molecule has 1 N–H and O–H groups in total. The summed E-state index contributed by atoms with van der Waals surface area (Å²) in [5.41, 5.74) is 2.82. The molecule has 0 aromatic heterocycles. The summed E-state index contributed by atoms with van der Waals surface area (Å²) in [6.45, 7) is 4.55. The Labute approximate surface area is 127 Å². The minimum absolute atomic E-state index is 0.592. The molecule has 0 radical (unpaired) electrons. The maximum Gasteiger partial charge on any atom is 0.125 e. The maximum absolute atomic E-state index is 10.6. The van der Waals surface area contributed by atoms with Gasteiger partial charge in [0.15, 0.2) is 0 Å². The predicted molar refractivity (Wildman–Crippen MR) is 85.6 cm³/mol. The van der Waals surface area contributed by atoms with Crippen LogP contribution in [0, 0.1) is 10.5 Å². The first-order valence-electron chi connectivity index (χ1n) is 6.28. The van der Waals surface area contributed by atoms with Crippen molar-refractivity contribution in [3.8, 4) is 5.75 Å². The average molecular weight is 368 g/mol. The molecule has 2 aromatic rings. The van der Waals surface area contributed by atoms with Crippen molar-refractivity contribution in [1.29, 1.82) is 0 Å². The molecule has 0 saturated heterocycles. The van der Waals surface area contributed by atoms with Gasteiger partial charge in [0.25, 0.3) is 0 Å². The number of rotatable bonds is 4. The second-order valence-electron chi connectivity index (χ2n) is 4.43. The molecule has 0 aliphatic rings. The number of hydrogen-bond acceptors (Lipinski definition) is 2. The van der Waals surface area contributed by atoms with Crippen molar-refractivity contribution in [2.75, 3.05) is 6.61 Å². The molecule has 0 aliphatic carbocycles. The van der Waals surface area contributed by atoms with Gasteiger partial charge in [-0.2, -0.15) is 0 Å². The molecule has 0 bridgehead atoms. The lowest BCUT2D eigenvalue weighted by molar-refractivity contribution is 0.212. The van der Waals surface area contributed by atoms with Gasteiger partial charge in [-0.3, -0.25) is 0 Å². The van der Waals surface area contributed by atoms with E-state index in [1.54, 1.807) is 0 Å². The maximum atomic E-state index is 10.6. The Kier molecular flexibility index (Phi) is 4.82. The van der Waals surface area contributed by atoms with Crippen LogP contribution in [0.15, 0.2) is 42.5 Å². The van der Waals surface area contributed by atoms with Gasteiger partial charge in [0, 0.05) is 9.13 Å². The molecule has 2 aromatic carbocycles. The van der Waals surface area contributed by atoms with Crippen LogP contribution in [0.3, 0.4) is 0 Å². The lowest BCUT2D eigenvalue weighted by atomic mass is 9.99. The monoisotopic (exact) mass is 368 g/mol. The summed E-state index contributed by atoms with van der Waals surface area (Å²) in [6, 6.07) is 13.8. The van der Waals surface area contributed by atoms with Crippen molar-refractivity contribution in [3.05, 3.63) is 62.7 Å². The van der Waals surface area contributed by atoms with E-state index in [0.29, 0.717) is 6.61 Å². The summed E-state index contributed by atoms with van der Waals surface area (Å²) in [4.78, 5) is 0. The Morgan fingerprint density at radius 2 is 2.00 bits per heavy atom. The molecule has 2 nitrogen and oxygen atoms in total. The van der Waals surface area contributed by atoms with Crippen LogP contribution in [0.1, 0.15) is 29.7 Å². The van der Waals surface area contributed by atoms with Crippen molar-refractivity contribution >= 4 is 22.6 Å². The van der Waals surface area contributed by atoms with Gasteiger partial charge in [0.1, 0.15) is 11.9 Å². The zero-order chi connectivity index (χ0) is 13.8. The van der Waals surface area contributed by atoms with Crippen molar-refractivity contribution in [1.82, 2.24) is 0 Å². The van der Waals surface area contributed by atoms with Gasteiger partial charge in [0.2, 0.25) is 0 Å². The highest BCUT2D eigenvalue weighted by atomic mass is 127. The number of hydrogen-bond donors (Lipinski definition) is 1. The molecule has 0 heterocycles. The van der Waals surface area contributed by atoms with E-state index < -0.39 is 6.10 Å². The molecular formula is C16H17IO2. The van der Waals surface area contributed by atoms with Crippen LogP contribution in [0.25, 0.3) is 0 Å². The first-order chi connectivity index (χ1) is 9.11. The summed E-state index contributed by atoms with van der Waals surface area (Å²) >= 11 is 2.25. The first-order valence-corrected chi connectivity index (χ1v) is 7.36. The van der Waals surface area contributed by atoms with Gasteiger partial charge in [-0.1, -0.05) is 23.8 Å². The number of aliphatic hydroxyl groups is 1. The van der Waals surface area contributed by atoms with E-state index >= 15 is 0 Å². The smallest absolute Gasteiger partial charge is 0.125 e. The standard InChI is InChI=1S/C16H17IO2/c1-3-19-15-8-7-11(2)9-14(15)16(18)12-5-4-6-13(17)10-12/h4-10,16,18H,3H2,1-2H3. The number of ether oxygens (including phenoxy) is 1. The highest BCUT2D eigenvalue weighted by molar-refractivity contribution is 14.1. The predicted octanol–water partition coefficient (Wildman–Crippen LogP) is 4.08. The Balaban J connectivity index is 2.42. The molecular weight excluding hydrogens is 351 g/mol. The number of aryl methyl sites for hydroxylation is 1. The van der Waals surface area contributed by atoms with Gasteiger partial charge in [-0.15, -0.1) is 0 Å². The molecule has 0 spiro atoms. The number of halogens is 1. The van der Waals surface area contributed by atoms with Crippen molar-refractivity contribution < 1.29 is 9.84 Å². The molecule has 3 heteroatoms. The second kappa shape index (κ2) is 6.39. The zero-order valence-corrected chi connectivity index (χ0v) is 13.2. The van der Waals surface area contributed by atoms with Crippen molar-refractivity contribution in [3.63, 3.8) is 0 Å². The average Bonchev–Trinajstić information content (AvgIpc) is 2.40. The second-order valence-corrected chi connectivity index (χ2v) is 5.68. The third-order valence-corrected chi connectivity index (χ3v) is 3.60. The van der Waals surface area contributed by atoms with Crippen LogP contribution in [0.5, 0.6) is 5.75 Å². The van der Waals surface area contributed by atoms with Gasteiger partial charge in [0.05, 0.1) is 6.61 Å². The Morgan fingerprint density at radius 3 is 2.68 bits per heavy atom. The Bertz CT molecular complexity index is 566. The highest BCUT2D eigenvalue weighted by Crippen LogP contribution is 2.31. The Morgan fingerprint density at radius 1 is 1.21 bits per heavy atom. The fraction of sp³-hybridized carbons (Fsp3) is 0.250. The van der Waals surface area contributed by atoms with Crippen LogP contribution in [-0.4, -0.2) is 11.7 Å². The molecule has 1 unspecified atom stereocenters. The van der Waals surface area contributed by atoms with Crippen molar-refractivity contribution in [2.24, 2.45) is 0 Å². The van der Waals surface area contributed by atoms with Gasteiger partial charge < -0.3 is 9.84 Å². The van der Waals surface area contributed by atoms with E-state index in [1.807, 2.05) is 56.3 Å². The van der Waals surface area contributed by atoms with E-state index in [9.17, 15) is 5.11 Å². The van der Waals surface area contributed by atoms with Crippen molar-refractivity contribution in [2.45, 2.75) is 20.0 Å². The molecule has 100 valence electrons. The van der Waals surface area contributed by atoms with Gasteiger partial charge in [-0.25, -0.2) is 0 Å². The summed E-state index contributed by atoms with van der Waals surface area (Å²) in [6.07, 6.45) is -0.656. The summed E-state index contributed by atoms with van der Waals surface area (Å²) in [5.74, 6) is 0.750. The SMILES string of the molecule is CCOc1ccc(C)cc1C(O)c1cccc(I)c1. The van der Waals surface area contributed by atoms with Crippen LogP contribution in [0.4, 0.5) is 0 Å². The normalized spacial score (nSPS) is 12.2. The summed E-state index contributed by atoms with van der Waals surface area (Å²) in [7, 11) is 0. The number of aliphatic hydroxyl groups excluding tert-OH is 1. The van der Waals surface area contributed by atoms with E-state index in [0.717, 1.165) is 26.0 Å². The third-order valence-electron chi connectivity index (χ3n) is 2.92. The van der Waals surface area contributed by atoms with Crippen LogP contribution in [0.2, 0.25) is 0 Å². The molecule has 0 amide bonds. The molecule has 0 fully saturated rings. The van der Waals surface area contributed by atoms with E-state index in [4.69, 9.17) is 4.74 Å². The van der Waals surface area contributed by atoms with Crippen LogP contribution in [-0.2, 0) is 0 Å². The highest BCUT2D eigenvalue weighted by Gasteiger charge is 2.16. The lowest BCUT2D eigenvalue weighted by Gasteiger charge is -2.17. The largest absolute Gasteiger partial charge is 0.493 e. The van der Waals surface area contributed by atoms with E-state index in [-0.39, 0.29) is 0 Å². The lowest BCUT2D eigenvalue weighted by Crippen LogP contribution is -2.04. The third kappa shape index (κ3) is 3.48. The fourth-order valence-electron chi connectivity index (χ4n) is 2.02. The first kappa shape index (κ1) is 14.3. The minimum Gasteiger partial charge on any atom is -0.493 e. The van der Waals surface area contributed by atoms with E-state index in [1.165, 1.54) is 0 Å². The molecule has 19 heavy (non-hydrogen) atoms. The summed E-state index contributed by atoms with van der Waals surface area (Å²) < 4.78 is 6.71. The molecule has 2 rings (SSSR count). The summed E-state index contributed by atoms with van der Waals surface area (Å²) in [5, 5.41) is 10.6. The topological polar surface area (TPSA) is 29.5 Å². The van der Waals surface area contributed by atoms with Crippen LogP contribution >= 0.6 is 22.6 Å². The fourth-order valence-corrected chi connectivity index (χ4v) is 2.59. The molecule has 0 aliphatic heterocycles. The minimum atomic E-state index is -0.656. The zero-order valence-electron chi connectivity index (χ0n) is 11.1. The molecule has 1 atom stereocenters.